The summed E-state index contributed by atoms with van der Waals surface area (Å²) >= 11 is 5.82. The number of halogens is 1. The molecule has 14 heavy (non-hydrogen) atoms. The lowest BCUT2D eigenvalue weighted by molar-refractivity contribution is -0.130. The Kier molecular flexibility index (Phi) is 2.08. The SMILES string of the molecule is CC1C=C(C(=O)O)c2cc(Cl)ccc21. The third-order valence-electron chi connectivity index (χ3n) is 2.44. The molecule has 0 aromatic heterocycles. The van der Waals surface area contributed by atoms with Crippen LogP contribution in [0.25, 0.3) is 5.57 Å². The Labute approximate surface area is 86.8 Å². The molecule has 0 bridgehead atoms. The van der Waals surface area contributed by atoms with Crippen molar-refractivity contribution in [2.45, 2.75) is 12.8 Å². The zero-order chi connectivity index (χ0) is 10.3. The van der Waals surface area contributed by atoms with Gasteiger partial charge in [-0.05, 0) is 23.3 Å². The average Bonchev–Trinajstić information content (AvgIpc) is 2.43. The summed E-state index contributed by atoms with van der Waals surface area (Å²) in [4.78, 5) is 10.9. The Morgan fingerprint density at radius 3 is 2.86 bits per heavy atom. The number of carboxylic acid groups (broad SMARTS) is 1. The maximum Gasteiger partial charge on any atom is 0.335 e. The van der Waals surface area contributed by atoms with Gasteiger partial charge in [0, 0.05) is 10.9 Å². The average molecular weight is 209 g/mol. The van der Waals surface area contributed by atoms with E-state index in [1.165, 1.54) is 0 Å². The molecule has 0 spiro atoms. The minimum Gasteiger partial charge on any atom is -0.478 e. The molecule has 3 heteroatoms. The molecule has 0 radical (unpaired) electrons. The van der Waals surface area contributed by atoms with Crippen molar-refractivity contribution in [1.29, 1.82) is 0 Å². The van der Waals surface area contributed by atoms with E-state index in [2.05, 4.69) is 0 Å². The van der Waals surface area contributed by atoms with E-state index < -0.39 is 5.97 Å². The van der Waals surface area contributed by atoms with Gasteiger partial charge in [0.05, 0.1) is 5.57 Å². The van der Waals surface area contributed by atoms with Gasteiger partial charge < -0.3 is 5.11 Å². The maximum atomic E-state index is 10.9. The predicted octanol–water partition coefficient (Wildman–Crippen LogP) is 2.93. The second-order valence-electron chi connectivity index (χ2n) is 3.41. The summed E-state index contributed by atoms with van der Waals surface area (Å²) in [5.74, 6) is -0.730. The summed E-state index contributed by atoms with van der Waals surface area (Å²) in [7, 11) is 0. The lowest BCUT2D eigenvalue weighted by Gasteiger charge is -2.04. The van der Waals surface area contributed by atoms with Gasteiger partial charge in [-0.2, -0.15) is 0 Å². The van der Waals surface area contributed by atoms with E-state index in [1.807, 2.05) is 13.0 Å². The van der Waals surface area contributed by atoms with Gasteiger partial charge in [0.1, 0.15) is 0 Å². The molecule has 0 fully saturated rings. The highest BCUT2D eigenvalue weighted by Gasteiger charge is 2.24. The smallest absolute Gasteiger partial charge is 0.335 e. The Bertz CT molecular complexity index is 435. The van der Waals surface area contributed by atoms with Crippen LogP contribution in [0.2, 0.25) is 5.02 Å². The molecule has 0 aliphatic heterocycles. The molecule has 2 rings (SSSR count). The van der Waals surface area contributed by atoms with Crippen molar-refractivity contribution in [3.8, 4) is 0 Å². The molecule has 1 aromatic carbocycles. The van der Waals surface area contributed by atoms with E-state index in [4.69, 9.17) is 16.7 Å². The molecule has 0 saturated heterocycles. The molecule has 0 amide bonds. The van der Waals surface area contributed by atoms with Gasteiger partial charge >= 0.3 is 5.97 Å². The Morgan fingerprint density at radius 1 is 1.50 bits per heavy atom. The van der Waals surface area contributed by atoms with Crippen LogP contribution in [0.4, 0.5) is 0 Å². The van der Waals surface area contributed by atoms with E-state index in [0.29, 0.717) is 10.6 Å². The summed E-state index contributed by atoms with van der Waals surface area (Å²) in [6.07, 6.45) is 1.75. The van der Waals surface area contributed by atoms with E-state index >= 15 is 0 Å². The minimum absolute atomic E-state index is 0.161. The molecule has 1 unspecified atom stereocenters. The zero-order valence-corrected chi connectivity index (χ0v) is 8.38. The van der Waals surface area contributed by atoms with Gasteiger partial charge in [0.15, 0.2) is 0 Å². The van der Waals surface area contributed by atoms with Crippen LogP contribution < -0.4 is 0 Å². The number of hydrogen-bond donors (Lipinski definition) is 1. The largest absolute Gasteiger partial charge is 0.478 e. The van der Waals surface area contributed by atoms with Crippen molar-refractivity contribution < 1.29 is 9.90 Å². The molecule has 1 aliphatic carbocycles. The number of rotatable bonds is 1. The molecular weight excluding hydrogens is 200 g/mol. The highest BCUT2D eigenvalue weighted by molar-refractivity contribution is 6.31. The van der Waals surface area contributed by atoms with Crippen LogP contribution in [0.1, 0.15) is 24.0 Å². The second kappa shape index (κ2) is 3.14. The summed E-state index contributed by atoms with van der Waals surface area (Å²) < 4.78 is 0. The minimum atomic E-state index is -0.891. The van der Waals surface area contributed by atoms with Gasteiger partial charge in [-0.15, -0.1) is 0 Å². The van der Waals surface area contributed by atoms with Gasteiger partial charge in [-0.25, -0.2) is 4.79 Å². The van der Waals surface area contributed by atoms with Crippen LogP contribution in [-0.4, -0.2) is 11.1 Å². The number of carboxylic acids is 1. The van der Waals surface area contributed by atoms with E-state index in [1.54, 1.807) is 18.2 Å². The number of hydrogen-bond acceptors (Lipinski definition) is 1. The number of carbonyl (C=O) groups is 1. The maximum absolute atomic E-state index is 10.9. The van der Waals surface area contributed by atoms with E-state index in [-0.39, 0.29) is 5.92 Å². The first kappa shape index (κ1) is 9.28. The summed E-state index contributed by atoms with van der Waals surface area (Å²) in [6, 6.07) is 5.38. The van der Waals surface area contributed by atoms with Crippen molar-refractivity contribution in [3.63, 3.8) is 0 Å². The molecular formula is C11H9ClO2. The Hall–Kier alpha value is -1.28. The fourth-order valence-corrected chi connectivity index (χ4v) is 1.95. The Morgan fingerprint density at radius 2 is 2.21 bits per heavy atom. The molecule has 1 aliphatic rings. The third-order valence-corrected chi connectivity index (χ3v) is 2.68. The van der Waals surface area contributed by atoms with Gasteiger partial charge in [-0.1, -0.05) is 30.7 Å². The predicted molar refractivity (Wildman–Crippen MR) is 55.5 cm³/mol. The first-order valence-electron chi connectivity index (χ1n) is 4.34. The quantitative estimate of drug-likeness (QED) is 0.771. The van der Waals surface area contributed by atoms with E-state index in [0.717, 1.165) is 11.1 Å². The van der Waals surface area contributed by atoms with Crippen molar-refractivity contribution >= 4 is 23.1 Å². The normalized spacial score (nSPS) is 19.0. The van der Waals surface area contributed by atoms with Gasteiger partial charge in [0.2, 0.25) is 0 Å². The highest BCUT2D eigenvalue weighted by Crippen LogP contribution is 2.36. The summed E-state index contributed by atoms with van der Waals surface area (Å²) in [5.41, 5.74) is 2.14. The Balaban J connectivity index is 2.60. The van der Waals surface area contributed by atoms with Crippen molar-refractivity contribution in [2.75, 3.05) is 0 Å². The topological polar surface area (TPSA) is 37.3 Å². The third kappa shape index (κ3) is 1.32. The first-order chi connectivity index (χ1) is 6.59. The van der Waals surface area contributed by atoms with Crippen LogP contribution in [0.15, 0.2) is 24.3 Å². The standard InChI is InChI=1S/C11H9ClO2/c1-6-4-10(11(13)14)9-5-7(12)2-3-8(6)9/h2-6H,1H3,(H,13,14). The fraction of sp³-hybridized carbons (Fsp3) is 0.182. The van der Waals surface area contributed by atoms with Crippen LogP contribution in [0, 0.1) is 0 Å². The van der Waals surface area contributed by atoms with Crippen LogP contribution in [0.5, 0.6) is 0 Å². The van der Waals surface area contributed by atoms with Gasteiger partial charge in [0.25, 0.3) is 0 Å². The number of fused-ring (bicyclic) bond motifs is 1. The van der Waals surface area contributed by atoms with Gasteiger partial charge in [-0.3, -0.25) is 0 Å². The van der Waals surface area contributed by atoms with Crippen molar-refractivity contribution in [2.24, 2.45) is 0 Å². The molecule has 1 N–H and O–H groups in total. The number of benzene rings is 1. The highest BCUT2D eigenvalue weighted by atomic mass is 35.5. The molecule has 1 atom stereocenters. The number of allylic oxidation sites excluding steroid dienone is 1. The van der Waals surface area contributed by atoms with Crippen molar-refractivity contribution in [3.05, 3.63) is 40.4 Å². The monoisotopic (exact) mass is 208 g/mol. The zero-order valence-electron chi connectivity index (χ0n) is 7.62. The molecule has 0 saturated carbocycles. The molecule has 0 heterocycles. The molecule has 1 aromatic rings. The second-order valence-corrected chi connectivity index (χ2v) is 3.84. The summed E-state index contributed by atoms with van der Waals surface area (Å²) in [6.45, 7) is 1.97. The van der Waals surface area contributed by atoms with Crippen LogP contribution in [0.3, 0.4) is 0 Å². The fourth-order valence-electron chi connectivity index (χ4n) is 1.77. The number of aliphatic carboxylic acids is 1. The summed E-state index contributed by atoms with van der Waals surface area (Å²) in [5, 5.41) is 9.53. The molecule has 2 nitrogen and oxygen atoms in total. The van der Waals surface area contributed by atoms with Crippen LogP contribution in [-0.2, 0) is 4.79 Å². The molecule has 72 valence electrons. The lowest BCUT2D eigenvalue weighted by Crippen LogP contribution is -1.97. The van der Waals surface area contributed by atoms with E-state index in [9.17, 15) is 4.79 Å². The lowest BCUT2D eigenvalue weighted by atomic mass is 10.0. The van der Waals surface area contributed by atoms with Crippen LogP contribution >= 0.6 is 11.6 Å². The van der Waals surface area contributed by atoms with Crippen molar-refractivity contribution in [1.82, 2.24) is 0 Å². The first-order valence-corrected chi connectivity index (χ1v) is 4.72.